The van der Waals surface area contributed by atoms with E-state index >= 15 is 0 Å². The van der Waals surface area contributed by atoms with Crippen molar-refractivity contribution in [3.05, 3.63) is 97.6 Å². The third kappa shape index (κ3) is 9.74. The van der Waals surface area contributed by atoms with E-state index in [9.17, 15) is 19.2 Å². The first-order chi connectivity index (χ1) is 23.5. The second kappa shape index (κ2) is 17.4. The van der Waals surface area contributed by atoms with Gasteiger partial charge in [0.15, 0.2) is 18.1 Å². The van der Waals surface area contributed by atoms with Gasteiger partial charge in [0.1, 0.15) is 12.4 Å². The van der Waals surface area contributed by atoms with Crippen LogP contribution >= 0.6 is 27.5 Å². The van der Waals surface area contributed by atoms with E-state index in [4.69, 9.17) is 35.3 Å². The monoisotopic (exact) mass is 756 g/mol. The molecule has 0 radical (unpaired) electrons. The summed E-state index contributed by atoms with van der Waals surface area (Å²) in [5, 5.41) is 9.75. The van der Waals surface area contributed by atoms with Crippen molar-refractivity contribution in [2.75, 3.05) is 26.9 Å². The van der Waals surface area contributed by atoms with Gasteiger partial charge >= 0.3 is 18.0 Å². The number of hydrogen-bond donors (Lipinski definition) is 3. The number of nitrogens with zero attached hydrogens (tertiary/aromatic N) is 1. The molecule has 3 aromatic carbocycles. The van der Waals surface area contributed by atoms with Crippen LogP contribution in [0, 0.1) is 0 Å². The van der Waals surface area contributed by atoms with Gasteiger partial charge in [0.25, 0.3) is 5.91 Å². The third-order valence-corrected chi connectivity index (χ3v) is 7.73. The van der Waals surface area contributed by atoms with Crippen LogP contribution in [0.25, 0.3) is 0 Å². The minimum absolute atomic E-state index is 0.167. The van der Waals surface area contributed by atoms with Crippen molar-refractivity contribution in [1.29, 1.82) is 0 Å². The number of benzene rings is 3. The smallest absolute Gasteiger partial charge is 0.338 e. The van der Waals surface area contributed by atoms with Crippen LogP contribution in [0.3, 0.4) is 0 Å². The van der Waals surface area contributed by atoms with E-state index in [1.165, 1.54) is 13.3 Å². The van der Waals surface area contributed by atoms with Gasteiger partial charge in [-0.05, 0) is 84.2 Å². The Morgan fingerprint density at radius 1 is 0.980 bits per heavy atom. The summed E-state index contributed by atoms with van der Waals surface area (Å²) in [4.78, 5) is 49.4. The number of urea groups is 1. The molecule has 1 atom stereocenters. The van der Waals surface area contributed by atoms with E-state index in [2.05, 4.69) is 37.1 Å². The van der Waals surface area contributed by atoms with Crippen LogP contribution in [0.2, 0.25) is 5.02 Å². The number of rotatable bonds is 14. The molecule has 3 aromatic rings. The zero-order chi connectivity index (χ0) is 35.5. The predicted octanol–water partition coefficient (Wildman–Crippen LogP) is 5.59. The van der Waals surface area contributed by atoms with Crippen LogP contribution in [-0.4, -0.2) is 57.0 Å². The van der Waals surface area contributed by atoms with E-state index in [0.717, 1.165) is 5.56 Å². The number of esters is 2. The Morgan fingerprint density at radius 3 is 2.39 bits per heavy atom. The molecule has 4 rings (SSSR count). The number of nitrogens with one attached hydrogen (secondary N) is 3. The summed E-state index contributed by atoms with van der Waals surface area (Å²) in [6.07, 6.45) is 1.38. The number of hydrazone groups is 1. The van der Waals surface area contributed by atoms with Crippen molar-refractivity contribution in [2.45, 2.75) is 33.4 Å². The molecule has 258 valence electrons. The summed E-state index contributed by atoms with van der Waals surface area (Å²) < 4.78 is 27.9. The lowest BCUT2D eigenvalue weighted by Crippen LogP contribution is -2.45. The largest absolute Gasteiger partial charge is 0.493 e. The maximum atomic E-state index is 12.7. The van der Waals surface area contributed by atoms with Crippen LogP contribution < -0.4 is 30.3 Å². The fourth-order valence-corrected chi connectivity index (χ4v) is 5.64. The Labute approximate surface area is 296 Å². The SMILES string of the molecule is CCOC(=O)C1=C(C)NC(=O)N[C@@H]1c1ccc(OCC(=O)N/N=C/c2cc(Cl)cc(Br)c2OCc2ccc(C(=O)OCC)cc2)c(OC)c1. The van der Waals surface area contributed by atoms with E-state index in [0.29, 0.717) is 37.6 Å². The van der Waals surface area contributed by atoms with Crippen molar-refractivity contribution in [1.82, 2.24) is 16.1 Å². The predicted molar refractivity (Wildman–Crippen MR) is 184 cm³/mol. The summed E-state index contributed by atoms with van der Waals surface area (Å²) in [5.74, 6) is -0.598. The van der Waals surface area contributed by atoms with Crippen molar-refractivity contribution in [3.63, 3.8) is 0 Å². The number of halogens is 2. The summed E-state index contributed by atoms with van der Waals surface area (Å²) >= 11 is 9.71. The standard InChI is InChI=1S/C34H34BrClN4O9/c1-5-46-32(42)21-9-7-20(8-10-21)17-49-31-23(13-24(36)15-25(31)35)16-37-40-28(41)18-48-26-12-11-22(14-27(26)45-4)30-29(33(43)47-6-2)19(3)38-34(44)39-30/h7-16,30H,5-6,17-18H2,1-4H3,(H,40,41)(H2,38,39,44)/b37-16+/t30-/m1/s1. The van der Waals surface area contributed by atoms with Crippen molar-refractivity contribution in [2.24, 2.45) is 5.10 Å². The fourth-order valence-electron chi connectivity index (χ4n) is 4.69. The average molecular weight is 758 g/mol. The number of carbonyl (C=O) groups is 4. The Bertz CT molecular complexity index is 1780. The Kier molecular flexibility index (Phi) is 13.0. The van der Waals surface area contributed by atoms with Gasteiger partial charge in [-0.25, -0.2) is 19.8 Å². The molecule has 1 aliphatic rings. The van der Waals surface area contributed by atoms with E-state index in [1.54, 1.807) is 75.4 Å². The van der Waals surface area contributed by atoms with Crippen LogP contribution in [0.5, 0.6) is 17.2 Å². The number of allylic oxidation sites excluding steroid dienone is 1. The lowest BCUT2D eigenvalue weighted by atomic mass is 9.95. The highest BCUT2D eigenvalue weighted by molar-refractivity contribution is 9.10. The molecule has 0 bridgehead atoms. The minimum atomic E-state index is -0.800. The van der Waals surface area contributed by atoms with Crippen molar-refractivity contribution < 1.29 is 42.9 Å². The topological polar surface area (TPSA) is 163 Å². The van der Waals surface area contributed by atoms with Gasteiger partial charge in [-0.2, -0.15) is 5.10 Å². The molecule has 0 saturated carbocycles. The minimum Gasteiger partial charge on any atom is -0.493 e. The van der Waals surface area contributed by atoms with Gasteiger partial charge in [-0.15, -0.1) is 0 Å². The van der Waals surface area contributed by atoms with E-state index in [1.807, 2.05) is 0 Å². The molecule has 1 aliphatic heterocycles. The second-order valence-electron chi connectivity index (χ2n) is 10.3. The second-order valence-corrected chi connectivity index (χ2v) is 11.6. The van der Waals surface area contributed by atoms with Crippen LogP contribution in [0.1, 0.15) is 53.9 Å². The maximum absolute atomic E-state index is 12.7. The zero-order valence-electron chi connectivity index (χ0n) is 27.1. The van der Waals surface area contributed by atoms with Crippen LogP contribution in [0.4, 0.5) is 4.79 Å². The molecular formula is C34H34BrClN4O9. The molecule has 0 aromatic heterocycles. The van der Waals surface area contributed by atoms with E-state index < -0.39 is 36.5 Å². The molecule has 3 amide bonds. The maximum Gasteiger partial charge on any atom is 0.338 e. The van der Waals surface area contributed by atoms with Gasteiger partial charge < -0.3 is 34.3 Å². The lowest BCUT2D eigenvalue weighted by molar-refractivity contribution is -0.139. The average Bonchev–Trinajstić information content (AvgIpc) is 3.06. The first-order valence-electron chi connectivity index (χ1n) is 15.0. The molecule has 0 unspecified atom stereocenters. The molecular weight excluding hydrogens is 724 g/mol. The van der Waals surface area contributed by atoms with E-state index in [-0.39, 0.29) is 36.9 Å². The first kappa shape index (κ1) is 36.8. The van der Waals surface area contributed by atoms with Crippen LogP contribution in [0.15, 0.2) is 75.4 Å². The fraction of sp³-hybridized carbons (Fsp3) is 0.265. The van der Waals surface area contributed by atoms with Crippen molar-refractivity contribution >= 4 is 57.6 Å². The lowest BCUT2D eigenvalue weighted by Gasteiger charge is -2.28. The summed E-state index contributed by atoms with van der Waals surface area (Å²) in [5.41, 5.74) is 5.28. The number of carbonyl (C=O) groups excluding carboxylic acids is 4. The molecule has 0 fully saturated rings. The molecule has 49 heavy (non-hydrogen) atoms. The highest BCUT2D eigenvalue weighted by Gasteiger charge is 2.32. The van der Waals surface area contributed by atoms with Gasteiger partial charge in [0, 0.05) is 16.3 Å². The van der Waals surface area contributed by atoms with Crippen LogP contribution in [-0.2, 0) is 25.7 Å². The Hall–Kier alpha value is -5.08. The highest BCUT2D eigenvalue weighted by atomic mass is 79.9. The summed E-state index contributed by atoms with van der Waals surface area (Å²) in [7, 11) is 1.42. The summed E-state index contributed by atoms with van der Waals surface area (Å²) in [6.45, 7) is 5.27. The third-order valence-electron chi connectivity index (χ3n) is 6.92. The molecule has 13 nitrogen and oxygen atoms in total. The Balaban J connectivity index is 1.39. The molecule has 0 aliphatic carbocycles. The summed E-state index contributed by atoms with van der Waals surface area (Å²) in [6, 6.07) is 13.7. The molecule has 3 N–H and O–H groups in total. The van der Waals surface area contributed by atoms with Crippen molar-refractivity contribution in [3.8, 4) is 17.2 Å². The zero-order valence-corrected chi connectivity index (χ0v) is 29.4. The number of ether oxygens (including phenoxy) is 5. The highest BCUT2D eigenvalue weighted by Crippen LogP contribution is 2.35. The van der Waals surface area contributed by atoms with Gasteiger partial charge in [0.2, 0.25) is 0 Å². The molecule has 0 spiro atoms. The molecule has 1 heterocycles. The first-order valence-corrected chi connectivity index (χ1v) is 16.2. The van der Waals surface area contributed by atoms with Gasteiger partial charge in [-0.3, -0.25) is 4.79 Å². The quantitative estimate of drug-likeness (QED) is 0.108. The number of hydrogen-bond acceptors (Lipinski definition) is 10. The molecule has 0 saturated heterocycles. The van der Waals surface area contributed by atoms with Gasteiger partial charge in [-0.1, -0.05) is 29.8 Å². The molecule has 15 heteroatoms. The normalized spacial score (nSPS) is 14.1. The number of methoxy groups -OCH3 is 1. The number of amides is 3. The van der Waals surface area contributed by atoms with Gasteiger partial charge in [0.05, 0.1) is 48.2 Å². The Morgan fingerprint density at radius 2 is 1.69 bits per heavy atom.